The SMILES string of the molecule is CC[C@H](C)c1nnc2ccc(O[C@@H]3C=C[C@](C=O)(NC(=O)Nc4cc(C(C)(C)C)nc(C(=O)NCCN5CC(OC)C5)n4)c4ccccc43)cn12. The Morgan fingerprint density at radius 1 is 1.12 bits per heavy atom. The molecule has 2 aliphatic rings. The van der Waals surface area contributed by atoms with Gasteiger partial charge >= 0.3 is 6.03 Å². The van der Waals surface area contributed by atoms with Crippen LogP contribution in [0.4, 0.5) is 10.6 Å². The fourth-order valence-corrected chi connectivity index (χ4v) is 6.12. The van der Waals surface area contributed by atoms with E-state index in [1.807, 2.05) is 55.6 Å². The van der Waals surface area contributed by atoms with Crippen LogP contribution in [-0.4, -0.2) is 87.1 Å². The third kappa shape index (κ3) is 7.61. The normalized spacial score (nSPS) is 19.5. The molecule has 4 heterocycles. The number of nitrogens with one attached hydrogen (secondary N) is 3. The Balaban J connectivity index is 1.19. The van der Waals surface area contributed by atoms with Crippen LogP contribution in [0.5, 0.6) is 5.75 Å². The zero-order valence-corrected chi connectivity index (χ0v) is 29.8. The second kappa shape index (κ2) is 14.6. The summed E-state index contributed by atoms with van der Waals surface area (Å²) in [6.07, 6.45) is 6.53. The lowest BCUT2D eigenvalue weighted by Gasteiger charge is -2.38. The number of pyridine rings is 1. The van der Waals surface area contributed by atoms with Gasteiger partial charge in [0.25, 0.3) is 5.91 Å². The topological polar surface area (TPSA) is 165 Å². The van der Waals surface area contributed by atoms with E-state index >= 15 is 0 Å². The molecule has 0 bridgehead atoms. The lowest BCUT2D eigenvalue weighted by atomic mass is 9.81. The van der Waals surface area contributed by atoms with E-state index < -0.39 is 29.0 Å². The van der Waals surface area contributed by atoms with Crippen molar-refractivity contribution in [3.05, 3.63) is 89.3 Å². The summed E-state index contributed by atoms with van der Waals surface area (Å²) in [5.41, 5.74) is 0.618. The maximum atomic E-state index is 13.6. The zero-order chi connectivity index (χ0) is 36.3. The number of anilines is 1. The summed E-state index contributed by atoms with van der Waals surface area (Å²) in [5, 5.41) is 17.1. The second-order valence-corrected chi connectivity index (χ2v) is 14.1. The molecule has 0 saturated carbocycles. The Bertz CT molecular complexity index is 1950. The first kappa shape index (κ1) is 35.6. The van der Waals surface area contributed by atoms with Gasteiger partial charge in [-0.05, 0) is 36.3 Å². The van der Waals surface area contributed by atoms with Gasteiger partial charge < -0.3 is 20.1 Å². The van der Waals surface area contributed by atoms with Crippen molar-refractivity contribution in [2.24, 2.45) is 0 Å². The molecule has 3 amide bonds. The van der Waals surface area contributed by atoms with E-state index in [-0.39, 0.29) is 23.7 Å². The first-order valence-electron chi connectivity index (χ1n) is 17.2. The van der Waals surface area contributed by atoms with Gasteiger partial charge in [0, 0.05) is 56.3 Å². The standard InChI is InChI=1S/C37H45N9O5/c1-7-23(2)33-44-43-31-13-12-24(21-46(31)33)51-28-14-15-37(22-47,27-11-9-8-10-26(27)28)42-35(49)41-30-18-29(36(3,4)5)39-32(40-30)34(48)38-16-17-45-19-25(20-45)50-6/h8-15,18,21-23,25,28H,7,16-17,19-20H2,1-6H3,(H,38,48)(H2,39,40,41,42,49)/t23-,28+,37+/m0/s1. The number of carbonyl (C=O) groups excluding carboxylic acids is 3. The number of urea groups is 1. The van der Waals surface area contributed by atoms with Crippen molar-refractivity contribution in [2.75, 3.05) is 38.6 Å². The molecule has 14 heteroatoms. The molecule has 1 fully saturated rings. The summed E-state index contributed by atoms with van der Waals surface area (Å²) in [6, 6.07) is 11.9. The summed E-state index contributed by atoms with van der Waals surface area (Å²) in [6.45, 7) is 12.8. The third-order valence-electron chi connectivity index (χ3n) is 9.38. The van der Waals surface area contributed by atoms with Gasteiger partial charge in [-0.15, -0.1) is 10.2 Å². The van der Waals surface area contributed by atoms with Crippen LogP contribution < -0.4 is 20.7 Å². The predicted molar refractivity (Wildman–Crippen MR) is 191 cm³/mol. The molecule has 3 N–H and O–H groups in total. The van der Waals surface area contributed by atoms with Crippen LogP contribution >= 0.6 is 0 Å². The van der Waals surface area contributed by atoms with Crippen molar-refractivity contribution in [3.8, 4) is 5.75 Å². The van der Waals surface area contributed by atoms with Gasteiger partial charge in [-0.3, -0.25) is 24.2 Å². The summed E-state index contributed by atoms with van der Waals surface area (Å²) >= 11 is 0. The number of ether oxygens (including phenoxy) is 2. The van der Waals surface area contributed by atoms with Crippen molar-refractivity contribution in [3.63, 3.8) is 0 Å². The Kier molecular flexibility index (Phi) is 10.2. The molecule has 4 aromatic rings. The van der Waals surface area contributed by atoms with Gasteiger partial charge in [-0.25, -0.2) is 14.8 Å². The molecule has 1 saturated heterocycles. The van der Waals surface area contributed by atoms with Gasteiger partial charge in [0.05, 0.1) is 18.0 Å². The van der Waals surface area contributed by atoms with Crippen LogP contribution in [0.2, 0.25) is 0 Å². The predicted octanol–water partition coefficient (Wildman–Crippen LogP) is 4.30. The molecule has 0 radical (unpaired) electrons. The highest BCUT2D eigenvalue weighted by Crippen LogP contribution is 2.37. The largest absolute Gasteiger partial charge is 0.480 e. The summed E-state index contributed by atoms with van der Waals surface area (Å²) in [5.74, 6) is 1.27. The molecular formula is C37H45N9O5. The number of fused-ring (bicyclic) bond motifs is 2. The van der Waals surface area contributed by atoms with E-state index in [1.165, 1.54) is 0 Å². The monoisotopic (exact) mass is 695 g/mol. The Hall–Kier alpha value is -5.21. The second-order valence-electron chi connectivity index (χ2n) is 14.1. The van der Waals surface area contributed by atoms with Crippen molar-refractivity contribution in [2.45, 2.75) is 70.1 Å². The number of methoxy groups -OCH3 is 1. The number of aldehydes is 1. The fraction of sp³-hybridized carbons (Fsp3) is 0.432. The average Bonchev–Trinajstić information content (AvgIpc) is 3.52. The lowest BCUT2D eigenvalue weighted by Crippen LogP contribution is -2.53. The number of rotatable bonds is 12. The fourth-order valence-electron chi connectivity index (χ4n) is 6.12. The van der Waals surface area contributed by atoms with Crippen molar-refractivity contribution >= 4 is 29.7 Å². The Morgan fingerprint density at radius 2 is 1.90 bits per heavy atom. The zero-order valence-electron chi connectivity index (χ0n) is 29.8. The minimum absolute atomic E-state index is 0.0648. The molecule has 1 aromatic carbocycles. The van der Waals surface area contributed by atoms with Crippen LogP contribution in [0.25, 0.3) is 5.65 Å². The van der Waals surface area contributed by atoms with Gasteiger partial charge in [0.1, 0.15) is 29.0 Å². The molecule has 1 aliphatic heterocycles. The van der Waals surface area contributed by atoms with Crippen LogP contribution in [-0.2, 0) is 20.5 Å². The summed E-state index contributed by atoms with van der Waals surface area (Å²) in [7, 11) is 1.69. The maximum absolute atomic E-state index is 13.6. The number of hydrogen-bond acceptors (Lipinski definition) is 10. The molecule has 51 heavy (non-hydrogen) atoms. The molecule has 6 rings (SSSR count). The first-order chi connectivity index (χ1) is 24.4. The minimum atomic E-state index is -1.50. The van der Waals surface area contributed by atoms with E-state index in [4.69, 9.17) is 9.47 Å². The van der Waals surface area contributed by atoms with E-state index in [0.717, 1.165) is 31.0 Å². The number of nitrogens with zero attached hydrogens (tertiary/aromatic N) is 6. The van der Waals surface area contributed by atoms with E-state index in [1.54, 1.807) is 37.5 Å². The number of amides is 3. The van der Waals surface area contributed by atoms with Gasteiger partial charge in [-0.2, -0.15) is 0 Å². The highest BCUT2D eigenvalue weighted by atomic mass is 16.5. The smallest absolute Gasteiger partial charge is 0.321 e. The van der Waals surface area contributed by atoms with Crippen LogP contribution in [0.15, 0.2) is 60.8 Å². The van der Waals surface area contributed by atoms with Crippen molar-refractivity contribution in [1.29, 1.82) is 0 Å². The van der Waals surface area contributed by atoms with Crippen LogP contribution in [0.3, 0.4) is 0 Å². The lowest BCUT2D eigenvalue weighted by molar-refractivity contribution is -0.111. The molecule has 3 aromatic heterocycles. The number of likely N-dealkylation sites (tertiary alicyclic amines) is 1. The molecule has 268 valence electrons. The molecule has 0 spiro atoms. The van der Waals surface area contributed by atoms with Crippen LogP contribution in [0, 0.1) is 0 Å². The highest BCUT2D eigenvalue weighted by molar-refractivity contribution is 5.94. The first-order valence-corrected chi connectivity index (χ1v) is 17.2. The number of aromatic nitrogens is 5. The van der Waals surface area contributed by atoms with E-state index in [0.29, 0.717) is 41.9 Å². The quantitative estimate of drug-likeness (QED) is 0.144. The number of hydrogen-bond donors (Lipinski definition) is 3. The Morgan fingerprint density at radius 3 is 2.63 bits per heavy atom. The molecule has 0 unspecified atom stereocenters. The van der Waals surface area contributed by atoms with E-state index in [2.05, 4.69) is 54.9 Å². The van der Waals surface area contributed by atoms with Gasteiger partial charge in [-0.1, -0.05) is 58.9 Å². The van der Waals surface area contributed by atoms with Crippen molar-refractivity contribution in [1.82, 2.24) is 40.1 Å². The number of carbonyl (C=O) groups is 3. The average molecular weight is 696 g/mol. The number of benzene rings is 1. The van der Waals surface area contributed by atoms with Crippen molar-refractivity contribution < 1.29 is 23.9 Å². The van der Waals surface area contributed by atoms with E-state index in [9.17, 15) is 14.4 Å². The maximum Gasteiger partial charge on any atom is 0.321 e. The molecular weight excluding hydrogens is 650 g/mol. The molecule has 14 nitrogen and oxygen atoms in total. The summed E-state index contributed by atoms with van der Waals surface area (Å²) in [4.78, 5) is 50.6. The van der Waals surface area contributed by atoms with Gasteiger partial charge in [0.2, 0.25) is 5.82 Å². The summed E-state index contributed by atoms with van der Waals surface area (Å²) < 4.78 is 13.7. The Labute approximate surface area is 297 Å². The third-order valence-corrected chi connectivity index (χ3v) is 9.38. The molecule has 1 aliphatic carbocycles. The van der Waals surface area contributed by atoms with Gasteiger partial charge in [0.15, 0.2) is 11.9 Å². The minimum Gasteiger partial charge on any atom is -0.480 e. The highest BCUT2D eigenvalue weighted by Gasteiger charge is 2.38. The van der Waals surface area contributed by atoms with Crippen LogP contribution in [0.1, 0.15) is 86.3 Å². The molecule has 3 atom stereocenters.